The molecule has 0 saturated carbocycles. The number of aliphatic carboxylic acids is 1. The lowest BCUT2D eigenvalue weighted by Gasteiger charge is -2.34. The molecule has 1 aliphatic rings. The molecule has 7 nitrogen and oxygen atoms in total. The molecule has 1 rings (SSSR count). The summed E-state index contributed by atoms with van der Waals surface area (Å²) < 4.78 is 22.8. The molecule has 2 atom stereocenters. The number of nitrogens with zero attached hydrogens (tertiary/aromatic N) is 1. The first-order valence-electron chi connectivity index (χ1n) is 6.14. The number of rotatable bonds is 3. The van der Waals surface area contributed by atoms with E-state index in [-0.39, 0.29) is 24.0 Å². The maximum absolute atomic E-state index is 12.0. The van der Waals surface area contributed by atoms with Crippen molar-refractivity contribution in [3.8, 4) is 0 Å². The SMILES string of the molecule is CC(C)[C@H](NC(=O)N1CCS(=O)(=O)CC1C)C(=O)O. The number of carboxylic acid groups (broad SMARTS) is 1. The highest BCUT2D eigenvalue weighted by molar-refractivity contribution is 7.91. The number of carboxylic acids is 1. The molecular formula is C11H20N2O5S. The number of nitrogens with one attached hydrogen (secondary N) is 1. The lowest BCUT2D eigenvalue weighted by molar-refractivity contribution is -0.140. The van der Waals surface area contributed by atoms with Gasteiger partial charge in [-0.15, -0.1) is 0 Å². The number of urea groups is 1. The second-order valence-electron chi connectivity index (χ2n) is 5.17. The van der Waals surface area contributed by atoms with Crippen LogP contribution in [0.2, 0.25) is 0 Å². The molecule has 1 fully saturated rings. The van der Waals surface area contributed by atoms with Crippen molar-refractivity contribution in [2.45, 2.75) is 32.9 Å². The molecule has 0 aliphatic carbocycles. The molecule has 0 spiro atoms. The third-order valence-corrected chi connectivity index (χ3v) is 4.94. The van der Waals surface area contributed by atoms with Crippen LogP contribution >= 0.6 is 0 Å². The molecule has 0 aromatic carbocycles. The molecule has 1 heterocycles. The van der Waals surface area contributed by atoms with E-state index in [1.807, 2.05) is 0 Å². The van der Waals surface area contributed by atoms with E-state index in [1.54, 1.807) is 20.8 Å². The van der Waals surface area contributed by atoms with Gasteiger partial charge in [-0.25, -0.2) is 18.0 Å². The first-order chi connectivity index (χ1) is 8.64. The van der Waals surface area contributed by atoms with Crippen LogP contribution in [0.25, 0.3) is 0 Å². The van der Waals surface area contributed by atoms with Gasteiger partial charge in [0.05, 0.1) is 11.5 Å². The molecule has 110 valence electrons. The maximum atomic E-state index is 12.0. The van der Waals surface area contributed by atoms with Crippen molar-refractivity contribution in [2.24, 2.45) is 5.92 Å². The van der Waals surface area contributed by atoms with E-state index in [0.717, 1.165) is 0 Å². The molecule has 2 amide bonds. The summed E-state index contributed by atoms with van der Waals surface area (Å²) in [6, 6.07) is -1.94. The first-order valence-corrected chi connectivity index (χ1v) is 7.96. The quantitative estimate of drug-likeness (QED) is 0.757. The summed E-state index contributed by atoms with van der Waals surface area (Å²) in [5.41, 5.74) is 0. The summed E-state index contributed by atoms with van der Waals surface area (Å²) in [6.07, 6.45) is 0. The van der Waals surface area contributed by atoms with E-state index in [9.17, 15) is 18.0 Å². The number of amides is 2. The van der Waals surface area contributed by atoms with Gasteiger partial charge in [-0.05, 0) is 12.8 Å². The highest BCUT2D eigenvalue weighted by Crippen LogP contribution is 2.12. The Kier molecular flexibility index (Phi) is 4.78. The van der Waals surface area contributed by atoms with Gasteiger partial charge in [-0.3, -0.25) is 0 Å². The van der Waals surface area contributed by atoms with Crippen molar-refractivity contribution >= 4 is 21.8 Å². The monoisotopic (exact) mass is 292 g/mol. The standard InChI is InChI=1S/C11H20N2O5S/c1-7(2)9(10(14)15)12-11(16)13-4-5-19(17,18)6-8(13)3/h7-9H,4-6H2,1-3H3,(H,12,16)(H,14,15)/t8?,9-/m0/s1. The number of hydrogen-bond acceptors (Lipinski definition) is 4. The number of hydrogen-bond donors (Lipinski definition) is 2. The first kappa shape index (κ1) is 15.7. The fourth-order valence-corrected chi connectivity index (χ4v) is 3.59. The Morgan fingerprint density at radius 2 is 1.95 bits per heavy atom. The van der Waals surface area contributed by atoms with Crippen LogP contribution < -0.4 is 5.32 Å². The third-order valence-electron chi connectivity index (χ3n) is 3.14. The van der Waals surface area contributed by atoms with E-state index in [4.69, 9.17) is 5.11 Å². The van der Waals surface area contributed by atoms with Gasteiger partial charge in [0.1, 0.15) is 6.04 Å². The normalized spacial score (nSPS) is 24.0. The zero-order valence-corrected chi connectivity index (χ0v) is 12.1. The van der Waals surface area contributed by atoms with Crippen LogP contribution in [-0.2, 0) is 14.6 Å². The summed E-state index contributed by atoms with van der Waals surface area (Å²) in [5, 5.41) is 11.4. The minimum atomic E-state index is -3.10. The van der Waals surface area contributed by atoms with Crippen LogP contribution in [0.3, 0.4) is 0 Å². The van der Waals surface area contributed by atoms with Crippen molar-refractivity contribution in [1.82, 2.24) is 10.2 Å². The molecule has 1 saturated heterocycles. The van der Waals surface area contributed by atoms with Crippen LogP contribution in [-0.4, -0.2) is 60.6 Å². The molecule has 1 aliphatic heterocycles. The highest BCUT2D eigenvalue weighted by Gasteiger charge is 2.33. The minimum Gasteiger partial charge on any atom is -0.480 e. The molecule has 0 radical (unpaired) electrons. The van der Waals surface area contributed by atoms with E-state index >= 15 is 0 Å². The van der Waals surface area contributed by atoms with Crippen molar-refractivity contribution in [1.29, 1.82) is 0 Å². The average molecular weight is 292 g/mol. The number of sulfone groups is 1. The molecule has 0 aromatic heterocycles. The van der Waals surface area contributed by atoms with Crippen molar-refractivity contribution in [2.75, 3.05) is 18.1 Å². The molecular weight excluding hydrogens is 272 g/mol. The van der Waals surface area contributed by atoms with Crippen molar-refractivity contribution < 1.29 is 23.1 Å². The van der Waals surface area contributed by atoms with Crippen molar-refractivity contribution in [3.05, 3.63) is 0 Å². The minimum absolute atomic E-state index is 0.0792. The van der Waals surface area contributed by atoms with Gasteiger partial charge in [0.2, 0.25) is 0 Å². The Hall–Kier alpha value is -1.31. The zero-order valence-electron chi connectivity index (χ0n) is 11.3. The summed E-state index contributed by atoms with van der Waals surface area (Å²) in [7, 11) is -3.10. The van der Waals surface area contributed by atoms with Crippen LogP contribution in [0.15, 0.2) is 0 Å². The summed E-state index contributed by atoms with van der Waals surface area (Å²) in [6.45, 7) is 5.13. The van der Waals surface area contributed by atoms with Gasteiger partial charge in [0, 0.05) is 12.6 Å². The van der Waals surface area contributed by atoms with Crippen molar-refractivity contribution in [3.63, 3.8) is 0 Å². The Morgan fingerprint density at radius 1 is 1.37 bits per heavy atom. The highest BCUT2D eigenvalue weighted by atomic mass is 32.2. The van der Waals surface area contributed by atoms with Crippen LogP contribution in [0.1, 0.15) is 20.8 Å². The molecule has 1 unspecified atom stereocenters. The van der Waals surface area contributed by atoms with Gasteiger partial charge in [0.25, 0.3) is 0 Å². The fourth-order valence-electron chi connectivity index (χ4n) is 2.03. The number of carbonyl (C=O) groups excluding carboxylic acids is 1. The Labute approximate surface area is 112 Å². The number of carbonyl (C=O) groups is 2. The summed E-state index contributed by atoms with van der Waals surface area (Å²) in [5.74, 6) is -1.50. The molecule has 8 heteroatoms. The lowest BCUT2D eigenvalue weighted by atomic mass is 10.1. The zero-order chi connectivity index (χ0) is 14.8. The Morgan fingerprint density at radius 3 is 2.37 bits per heavy atom. The van der Waals surface area contributed by atoms with Gasteiger partial charge < -0.3 is 15.3 Å². The maximum Gasteiger partial charge on any atom is 0.326 e. The topological polar surface area (TPSA) is 104 Å². The van der Waals surface area contributed by atoms with Crippen LogP contribution in [0, 0.1) is 5.92 Å². The predicted molar refractivity (Wildman–Crippen MR) is 69.6 cm³/mol. The fraction of sp³-hybridized carbons (Fsp3) is 0.818. The molecule has 2 N–H and O–H groups in total. The lowest BCUT2D eigenvalue weighted by Crippen LogP contribution is -2.56. The van der Waals surface area contributed by atoms with Crippen LogP contribution in [0.4, 0.5) is 4.79 Å². The van der Waals surface area contributed by atoms with E-state index < -0.39 is 33.9 Å². The molecule has 0 bridgehead atoms. The van der Waals surface area contributed by atoms with Gasteiger partial charge in [-0.1, -0.05) is 13.8 Å². The van der Waals surface area contributed by atoms with E-state index in [0.29, 0.717) is 0 Å². The van der Waals surface area contributed by atoms with Crippen LogP contribution in [0.5, 0.6) is 0 Å². The summed E-state index contributed by atoms with van der Waals surface area (Å²) in [4.78, 5) is 24.4. The third kappa shape index (κ3) is 4.09. The second kappa shape index (κ2) is 5.77. The molecule has 19 heavy (non-hydrogen) atoms. The van der Waals surface area contributed by atoms with Gasteiger partial charge in [0.15, 0.2) is 9.84 Å². The van der Waals surface area contributed by atoms with Gasteiger partial charge >= 0.3 is 12.0 Å². The van der Waals surface area contributed by atoms with Gasteiger partial charge in [-0.2, -0.15) is 0 Å². The van der Waals surface area contributed by atoms with E-state index in [2.05, 4.69) is 5.32 Å². The molecule has 0 aromatic rings. The second-order valence-corrected chi connectivity index (χ2v) is 7.39. The average Bonchev–Trinajstić information content (AvgIpc) is 2.23. The Balaban J connectivity index is 2.71. The van der Waals surface area contributed by atoms with E-state index in [1.165, 1.54) is 4.90 Å². The Bertz CT molecular complexity index is 460. The largest absolute Gasteiger partial charge is 0.480 e. The smallest absolute Gasteiger partial charge is 0.326 e. The predicted octanol–water partition coefficient (Wildman–Crippen LogP) is -0.0759. The summed E-state index contributed by atoms with van der Waals surface area (Å²) >= 11 is 0.